The Hall–Kier alpha value is -2.14. The van der Waals surface area contributed by atoms with E-state index in [1.807, 2.05) is 36.7 Å². The molecule has 0 saturated carbocycles. The number of pyridine rings is 1. The molecule has 3 aromatic rings. The summed E-state index contributed by atoms with van der Waals surface area (Å²) in [6.45, 7) is 2.79. The highest BCUT2D eigenvalue weighted by atomic mass is 79.9. The van der Waals surface area contributed by atoms with E-state index in [0.29, 0.717) is 6.54 Å². The van der Waals surface area contributed by atoms with Crippen molar-refractivity contribution in [2.45, 2.75) is 13.5 Å². The maximum Gasteiger partial charge on any atom is 0.0715 e. The monoisotopic (exact) mass is 342 g/mol. The lowest BCUT2D eigenvalue weighted by molar-refractivity contribution is 1.09. The van der Waals surface area contributed by atoms with Crippen LogP contribution in [0.1, 0.15) is 11.1 Å². The molecular weight excluding hydrogens is 328 g/mol. The van der Waals surface area contributed by atoms with Crippen molar-refractivity contribution in [2.24, 2.45) is 0 Å². The smallest absolute Gasteiger partial charge is 0.0715 e. The number of rotatable bonds is 4. The first-order chi connectivity index (χ1) is 10.3. The number of nitrogens with one attached hydrogen (secondary N) is 2. The normalized spacial score (nSPS) is 10.6. The summed E-state index contributed by atoms with van der Waals surface area (Å²) >= 11 is 3.55. The summed E-state index contributed by atoms with van der Waals surface area (Å²) in [7, 11) is 0. The maximum atomic E-state index is 4.15. The third-order valence-corrected chi connectivity index (χ3v) is 4.26. The second kappa shape index (κ2) is 6.10. The fraction of sp³-hybridized carbons (Fsp3) is 0.125. The number of aromatic amines is 1. The summed E-state index contributed by atoms with van der Waals surface area (Å²) < 4.78 is 1.10. The van der Waals surface area contributed by atoms with Gasteiger partial charge in [0.15, 0.2) is 0 Å². The maximum absolute atomic E-state index is 4.15. The van der Waals surface area contributed by atoms with Crippen LogP contribution in [0.2, 0.25) is 0 Å². The second-order valence-corrected chi connectivity index (χ2v) is 5.63. The van der Waals surface area contributed by atoms with E-state index in [1.165, 1.54) is 5.56 Å². The molecule has 4 nitrogen and oxygen atoms in total. The van der Waals surface area contributed by atoms with E-state index in [2.05, 4.69) is 49.4 Å². The Morgan fingerprint density at radius 2 is 2.10 bits per heavy atom. The first kappa shape index (κ1) is 13.8. The third-order valence-electron chi connectivity index (χ3n) is 3.41. The van der Waals surface area contributed by atoms with Gasteiger partial charge in [0.05, 0.1) is 11.9 Å². The Morgan fingerprint density at radius 1 is 1.19 bits per heavy atom. The summed E-state index contributed by atoms with van der Waals surface area (Å²) in [5.41, 5.74) is 5.47. The van der Waals surface area contributed by atoms with Crippen LogP contribution in [0, 0.1) is 6.92 Å². The van der Waals surface area contributed by atoms with Crippen molar-refractivity contribution >= 4 is 21.6 Å². The molecule has 0 unspecified atom stereocenters. The van der Waals surface area contributed by atoms with E-state index < -0.39 is 0 Å². The summed E-state index contributed by atoms with van der Waals surface area (Å²) in [4.78, 5) is 4.15. The molecule has 106 valence electrons. The average Bonchev–Trinajstić information content (AvgIpc) is 2.98. The van der Waals surface area contributed by atoms with Gasteiger partial charge in [0.1, 0.15) is 0 Å². The van der Waals surface area contributed by atoms with Crippen LogP contribution in [-0.2, 0) is 6.54 Å². The van der Waals surface area contributed by atoms with Gasteiger partial charge >= 0.3 is 0 Å². The fourth-order valence-electron chi connectivity index (χ4n) is 2.20. The second-order valence-electron chi connectivity index (χ2n) is 4.78. The van der Waals surface area contributed by atoms with Crippen molar-refractivity contribution in [3.8, 4) is 11.3 Å². The highest BCUT2D eigenvalue weighted by Crippen LogP contribution is 2.25. The van der Waals surface area contributed by atoms with Crippen molar-refractivity contribution in [3.05, 3.63) is 64.5 Å². The van der Waals surface area contributed by atoms with Gasteiger partial charge in [0.25, 0.3) is 0 Å². The summed E-state index contributed by atoms with van der Waals surface area (Å²) in [5, 5.41) is 10.6. The molecule has 21 heavy (non-hydrogen) atoms. The SMILES string of the molecule is Cc1c(Br)cccc1NCc1cn[nH]c1-c1cccnc1. The van der Waals surface area contributed by atoms with Gasteiger partial charge < -0.3 is 5.32 Å². The predicted molar refractivity (Wildman–Crippen MR) is 88.0 cm³/mol. The summed E-state index contributed by atoms with van der Waals surface area (Å²) in [5.74, 6) is 0. The first-order valence-electron chi connectivity index (χ1n) is 6.67. The summed E-state index contributed by atoms with van der Waals surface area (Å²) in [6.07, 6.45) is 5.45. The highest BCUT2D eigenvalue weighted by molar-refractivity contribution is 9.10. The molecule has 0 amide bonds. The van der Waals surface area contributed by atoms with Crippen LogP contribution < -0.4 is 5.32 Å². The van der Waals surface area contributed by atoms with Gasteiger partial charge in [-0.25, -0.2) is 0 Å². The number of anilines is 1. The topological polar surface area (TPSA) is 53.6 Å². The molecule has 1 aromatic carbocycles. The van der Waals surface area contributed by atoms with Gasteiger partial charge in [0.2, 0.25) is 0 Å². The van der Waals surface area contributed by atoms with Crippen LogP contribution in [0.4, 0.5) is 5.69 Å². The number of H-pyrrole nitrogens is 1. The van der Waals surface area contributed by atoms with Crippen LogP contribution in [0.3, 0.4) is 0 Å². The molecule has 0 aliphatic heterocycles. The minimum absolute atomic E-state index is 0.706. The molecule has 0 aliphatic rings. The van der Waals surface area contributed by atoms with Gasteiger partial charge in [-0.05, 0) is 36.8 Å². The quantitative estimate of drug-likeness (QED) is 0.748. The van der Waals surface area contributed by atoms with Crippen molar-refractivity contribution < 1.29 is 0 Å². The van der Waals surface area contributed by atoms with Crippen LogP contribution in [-0.4, -0.2) is 15.2 Å². The van der Waals surface area contributed by atoms with Gasteiger partial charge in [-0.1, -0.05) is 22.0 Å². The lowest BCUT2D eigenvalue weighted by atomic mass is 10.1. The van der Waals surface area contributed by atoms with Crippen molar-refractivity contribution in [2.75, 3.05) is 5.32 Å². The Labute approximate surface area is 131 Å². The molecule has 0 fully saturated rings. The number of hydrogen-bond acceptors (Lipinski definition) is 3. The fourth-order valence-corrected chi connectivity index (χ4v) is 2.56. The molecular formula is C16H15BrN4. The van der Waals surface area contributed by atoms with Crippen LogP contribution in [0.25, 0.3) is 11.3 Å². The van der Waals surface area contributed by atoms with Crippen molar-refractivity contribution in [1.29, 1.82) is 0 Å². The zero-order chi connectivity index (χ0) is 14.7. The highest BCUT2D eigenvalue weighted by Gasteiger charge is 2.08. The zero-order valence-corrected chi connectivity index (χ0v) is 13.2. The number of halogens is 1. The van der Waals surface area contributed by atoms with E-state index in [0.717, 1.165) is 27.0 Å². The lowest BCUT2D eigenvalue weighted by Gasteiger charge is -2.11. The number of nitrogens with zero attached hydrogens (tertiary/aromatic N) is 2. The largest absolute Gasteiger partial charge is 0.381 e. The third kappa shape index (κ3) is 2.97. The molecule has 2 N–H and O–H groups in total. The van der Waals surface area contributed by atoms with Gasteiger partial charge in [-0.3, -0.25) is 10.1 Å². The van der Waals surface area contributed by atoms with E-state index >= 15 is 0 Å². The number of aromatic nitrogens is 3. The van der Waals surface area contributed by atoms with E-state index in [1.54, 1.807) is 6.20 Å². The van der Waals surface area contributed by atoms with Crippen molar-refractivity contribution in [3.63, 3.8) is 0 Å². The van der Waals surface area contributed by atoms with Crippen LogP contribution in [0.5, 0.6) is 0 Å². The standard InChI is InChI=1S/C16H15BrN4/c1-11-14(17)5-2-6-15(11)19-9-13-10-20-21-16(13)12-4-3-7-18-8-12/h2-8,10,19H,9H2,1H3,(H,20,21). The molecule has 2 heterocycles. The number of hydrogen-bond donors (Lipinski definition) is 2. The summed E-state index contributed by atoms with van der Waals surface area (Å²) in [6, 6.07) is 10.1. The molecule has 5 heteroatoms. The first-order valence-corrected chi connectivity index (χ1v) is 7.46. The molecule has 3 rings (SSSR count). The minimum Gasteiger partial charge on any atom is -0.381 e. The molecule has 0 saturated heterocycles. The Bertz CT molecular complexity index is 737. The van der Waals surface area contributed by atoms with Gasteiger partial charge in [0, 0.05) is 40.2 Å². The zero-order valence-electron chi connectivity index (χ0n) is 11.6. The Balaban J connectivity index is 1.81. The van der Waals surface area contributed by atoms with Gasteiger partial charge in [-0.15, -0.1) is 0 Å². The molecule has 0 aliphatic carbocycles. The lowest BCUT2D eigenvalue weighted by Crippen LogP contribution is -2.01. The van der Waals surface area contributed by atoms with Crippen LogP contribution in [0.15, 0.2) is 53.4 Å². The van der Waals surface area contributed by atoms with E-state index in [4.69, 9.17) is 0 Å². The van der Waals surface area contributed by atoms with Crippen molar-refractivity contribution in [1.82, 2.24) is 15.2 Å². The Kier molecular flexibility index (Phi) is 4.01. The van der Waals surface area contributed by atoms with Crippen LogP contribution >= 0.6 is 15.9 Å². The average molecular weight is 343 g/mol. The molecule has 0 bridgehead atoms. The Morgan fingerprint density at radius 3 is 2.90 bits per heavy atom. The van der Waals surface area contributed by atoms with E-state index in [9.17, 15) is 0 Å². The molecule has 0 spiro atoms. The predicted octanol–water partition coefficient (Wildman–Crippen LogP) is 4.15. The minimum atomic E-state index is 0.706. The molecule has 0 radical (unpaired) electrons. The van der Waals surface area contributed by atoms with Gasteiger partial charge in [-0.2, -0.15) is 5.10 Å². The molecule has 2 aromatic heterocycles. The number of benzene rings is 1. The molecule has 0 atom stereocenters. The van der Waals surface area contributed by atoms with E-state index in [-0.39, 0.29) is 0 Å².